The van der Waals surface area contributed by atoms with E-state index in [4.69, 9.17) is 5.73 Å². The number of nitrogens with zero attached hydrogens (tertiary/aromatic N) is 2. The van der Waals surface area contributed by atoms with E-state index >= 15 is 0 Å². The molecular weight excluding hydrogens is 630 g/mol. The van der Waals surface area contributed by atoms with Gasteiger partial charge in [-0.15, -0.1) is 12.4 Å². The van der Waals surface area contributed by atoms with Crippen molar-refractivity contribution in [3.8, 4) is 0 Å². The molecule has 0 bridgehead atoms. The fourth-order valence-corrected chi connectivity index (χ4v) is 3.49. The van der Waals surface area contributed by atoms with E-state index in [2.05, 4.69) is 30.7 Å². The molecule has 0 aromatic carbocycles. The van der Waals surface area contributed by atoms with Crippen molar-refractivity contribution >= 4 is 46.2 Å². The number of rotatable bonds is 7. The van der Waals surface area contributed by atoms with E-state index in [9.17, 15) is 40.7 Å². The first kappa shape index (κ1) is 39.8. The molecule has 0 aromatic heterocycles. The molecule has 9 nitrogen and oxygen atoms in total. The normalized spacial score (nSPS) is 20.5. The minimum absolute atomic E-state index is 0. The Bertz CT molecular complexity index is 735. The molecule has 0 aliphatic carbocycles. The monoisotopic (exact) mass is 666 g/mol. The van der Waals surface area contributed by atoms with Crippen molar-refractivity contribution in [1.29, 1.82) is 0 Å². The molecule has 3 saturated heterocycles. The van der Waals surface area contributed by atoms with E-state index in [0.29, 0.717) is 25.1 Å². The number of primary amides is 1. The van der Waals surface area contributed by atoms with Gasteiger partial charge < -0.3 is 20.5 Å². The van der Waals surface area contributed by atoms with E-state index in [1.54, 1.807) is 13.8 Å². The highest BCUT2D eigenvalue weighted by Crippen LogP contribution is 2.27. The minimum Gasteiger partial charge on any atom is -0.465 e. The third kappa shape index (κ3) is 21.1. The Balaban J connectivity index is 0. The lowest BCUT2D eigenvalue weighted by molar-refractivity contribution is -0.144. The van der Waals surface area contributed by atoms with Crippen LogP contribution in [0, 0.1) is 0 Å². The summed E-state index contributed by atoms with van der Waals surface area (Å²) in [5, 5.41) is 2.86. The number of esters is 2. The molecule has 3 N–H and O–H groups in total. The smallest absolute Gasteiger partial charge is 0.320 e. The Morgan fingerprint density at radius 2 is 1.28 bits per heavy atom. The van der Waals surface area contributed by atoms with Crippen LogP contribution in [0.2, 0.25) is 0 Å². The second kappa shape index (κ2) is 19.7. The zero-order valence-corrected chi connectivity index (χ0v) is 24.4. The average Bonchev–Trinajstić information content (AvgIpc) is 3.46. The van der Waals surface area contributed by atoms with Crippen LogP contribution in [0.3, 0.4) is 0 Å². The molecule has 3 aliphatic heterocycles. The van der Waals surface area contributed by atoms with Crippen LogP contribution in [0.4, 0.5) is 26.3 Å². The second-order valence-electron chi connectivity index (χ2n) is 8.63. The van der Waals surface area contributed by atoms with Crippen molar-refractivity contribution in [3.05, 3.63) is 0 Å². The summed E-state index contributed by atoms with van der Waals surface area (Å²) >= 11 is 2.94. The van der Waals surface area contributed by atoms with Crippen LogP contribution in [0.1, 0.15) is 33.1 Å². The van der Waals surface area contributed by atoms with Crippen LogP contribution in [0.25, 0.3) is 0 Å². The highest BCUT2D eigenvalue weighted by atomic mass is 79.9. The molecule has 17 heteroatoms. The molecule has 3 heterocycles. The molecule has 0 aromatic rings. The zero-order chi connectivity index (χ0) is 29.4. The third-order valence-electron chi connectivity index (χ3n) is 5.00. The van der Waals surface area contributed by atoms with Crippen LogP contribution < -0.4 is 11.1 Å². The van der Waals surface area contributed by atoms with Crippen LogP contribution >= 0.6 is 28.3 Å². The van der Waals surface area contributed by atoms with Gasteiger partial charge >= 0.3 is 11.9 Å². The first-order valence-electron chi connectivity index (χ1n) is 12.0. The number of carbonyl (C=O) groups is 3. The van der Waals surface area contributed by atoms with Gasteiger partial charge in [0.05, 0.1) is 45.9 Å². The van der Waals surface area contributed by atoms with Gasteiger partial charge in [0.25, 0.3) is 17.8 Å². The van der Waals surface area contributed by atoms with E-state index in [1.807, 2.05) is 0 Å². The van der Waals surface area contributed by atoms with Crippen LogP contribution in [-0.4, -0.2) is 116 Å². The average molecular weight is 668 g/mol. The zero-order valence-electron chi connectivity index (χ0n) is 22.0. The Morgan fingerprint density at radius 3 is 1.54 bits per heavy atom. The lowest BCUT2D eigenvalue weighted by atomic mass is 10.3. The van der Waals surface area contributed by atoms with Gasteiger partial charge in [-0.3, -0.25) is 24.2 Å². The van der Waals surface area contributed by atoms with Crippen molar-refractivity contribution in [2.75, 3.05) is 70.9 Å². The van der Waals surface area contributed by atoms with E-state index < -0.39 is 29.6 Å². The molecule has 0 radical (unpaired) electrons. The molecule has 232 valence electrons. The largest absolute Gasteiger partial charge is 0.465 e. The van der Waals surface area contributed by atoms with Gasteiger partial charge in [-0.2, -0.15) is 0 Å². The minimum atomic E-state index is -2.63. The van der Waals surface area contributed by atoms with Crippen molar-refractivity contribution < 1.29 is 50.2 Å². The molecule has 1 amide bonds. The van der Waals surface area contributed by atoms with Gasteiger partial charge in [0.1, 0.15) is 5.33 Å². The van der Waals surface area contributed by atoms with Crippen LogP contribution in [0.15, 0.2) is 0 Å². The lowest BCUT2D eigenvalue weighted by Gasteiger charge is -2.13. The topological polar surface area (TPSA) is 114 Å². The SMILES string of the molecule is CCOC(=O)CBr.CCOC(=O)CN1CCC(F)(F)C1.Cl.FC1(F)CCNC1.NC(=O)CN1CCC(F)(F)C1. The predicted octanol–water partition coefficient (Wildman–Crippen LogP) is 2.68. The van der Waals surface area contributed by atoms with Gasteiger partial charge in [-0.25, -0.2) is 26.3 Å². The number of amides is 1. The number of nitrogens with two attached hydrogens (primary N) is 1. The van der Waals surface area contributed by atoms with Crippen molar-refractivity contribution in [3.63, 3.8) is 0 Å². The Kier molecular flexibility index (Phi) is 20.1. The van der Waals surface area contributed by atoms with Gasteiger partial charge in [0.2, 0.25) is 5.91 Å². The summed E-state index contributed by atoms with van der Waals surface area (Å²) in [6.45, 7) is 4.34. The summed E-state index contributed by atoms with van der Waals surface area (Å²) < 4.78 is 83.1. The number of likely N-dealkylation sites (tertiary alicyclic amines) is 2. The molecular formula is C22H38BrClF6N4O5. The van der Waals surface area contributed by atoms with E-state index in [-0.39, 0.29) is 83.5 Å². The molecule has 39 heavy (non-hydrogen) atoms. The quantitative estimate of drug-likeness (QED) is 0.242. The number of carbonyl (C=O) groups excluding carboxylic acids is 3. The number of nitrogens with one attached hydrogen (secondary N) is 1. The van der Waals surface area contributed by atoms with E-state index in [0.717, 1.165) is 0 Å². The van der Waals surface area contributed by atoms with Crippen molar-refractivity contribution in [2.45, 2.75) is 50.9 Å². The fourth-order valence-electron chi connectivity index (χ4n) is 3.32. The predicted molar refractivity (Wildman–Crippen MR) is 138 cm³/mol. The summed E-state index contributed by atoms with van der Waals surface area (Å²) in [7, 11) is 0. The summed E-state index contributed by atoms with van der Waals surface area (Å²) in [5.74, 6) is -8.87. The second-order valence-corrected chi connectivity index (χ2v) is 9.19. The lowest BCUT2D eigenvalue weighted by Crippen LogP contribution is -2.33. The molecule has 0 spiro atoms. The Labute approximate surface area is 239 Å². The van der Waals surface area contributed by atoms with Gasteiger partial charge in [-0.1, -0.05) is 15.9 Å². The highest BCUT2D eigenvalue weighted by Gasteiger charge is 2.39. The Morgan fingerprint density at radius 1 is 0.821 bits per heavy atom. The van der Waals surface area contributed by atoms with Crippen LogP contribution in [-0.2, 0) is 23.9 Å². The molecule has 3 fully saturated rings. The third-order valence-corrected chi connectivity index (χ3v) is 5.46. The molecule has 3 rings (SSSR count). The van der Waals surface area contributed by atoms with Gasteiger partial charge in [0, 0.05) is 38.9 Å². The summed E-state index contributed by atoms with van der Waals surface area (Å²) in [4.78, 5) is 34.1. The number of alkyl halides is 7. The first-order chi connectivity index (χ1) is 17.5. The van der Waals surface area contributed by atoms with Gasteiger partial charge in [-0.05, 0) is 13.8 Å². The Hall–Kier alpha value is -1.36. The van der Waals surface area contributed by atoms with Crippen molar-refractivity contribution in [2.24, 2.45) is 5.73 Å². The first-order valence-corrected chi connectivity index (χ1v) is 13.1. The standard InChI is InChI=1S/C8H13F2NO2.C6H10F2N2O.C4H7BrO2.C4H7F2N.ClH/c1-2-13-7(12)5-11-4-3-8(9,10)6-11;7-6(8)1-2-10(4-6)3-5(9)11;1-2-7-4(6)3-5;5-4(6)1-2-7-3-4;/h2-6H2,1H3;1-4H2,(H2,9,11);2-3H2,1H3;7H,1-3H2;1H. The molecule has 0 unspecified atom stereocenters. The van der Waals surface area contributed by atoms with Gasteiger partial charge in [0.15, 0.2) is 0 Å². The number of hydrogen-bond donors (Lipinski definition) is 2. The summed E-state index contributed by atoms with van der Waals surface area (Å²) in [5.41, 5.74) is 4.84. The fraction of sp³-hybridized carbons (Fsp3) is 0.864. The van der Waals surface area contributed by atoms with Crippen molar-refractivity contribution in [1.82, 2.24) is 15.1 Å². The number of hydrogen-bond acceptors (Lipinski definition) is 8. The number of ether oxygens (including phenoxy) is 2. The summed E-state index contributed by atoms with van der Waals surface area (Å²) in [6, 6.07) is 0. The van der Waals surface area contributed by atoms with E-state index in [1.165, 1.54) is 9.80 Å². The maximum atomic E-state index is 12.6. The summed E-state index contributed by atoms with van der Waals surface area (Å²) in [6.07, 6.45) is -0.320. The number of halogens is 8. The molecule has 0 saturated carbocycles. The van der Waals surface area contributed by atoms with Crippen LogP contribution in [0.5, 0.6) is 0 Å². The molecule has 0 atom stereocenters. The highest BCUT2D eigenvalue weighted by molar-refractivity contribution is 9.09. The molecule has 3 aliphatic rings. The maximum Gasteiger partial charge on any atom is 0.320 e. The maximum absolute atomic E-state index is 12.6.